The molecule has 2 rings (SSSR count). The summed E-state index contributed by atoms with van der Waals surface area (Å²) in [6, 6.07) is 3.73. The van der Waals surface area contributed by atoms with Crippen molar-refractivity contribution in [2.75, 3.05) is 6.61 Å². The monoisotopic (exact) mass is 336 g/mol. The molecule has 0 aliphatic heterocycles. The zero-order valence-electron chi connectivity index (χ0n) is 9.04. The van der Waals surface area contributed by atoms with Crippen molar-refractivity contribution in [3.63, 3.8) is 0 Å². The number of ether oxygens (including phenoxy) is 1. The molecule has 0 saturated heterocycles. The van der Waals surface area contributed by atoms with Crippen molar-refractivity contribution in [3.05, 3.63) is 26.8 Å². The van der Waals surface area contributed by atoms with Crippen molar-refractivity contribution >= 4 is 22.6 Å². The molecule has 1 aromatic rings. The van der Waals surface area contributed by atoms with Gasteiger partial charge in [-0.15, -0.1) is 0 Å². The molecule has 0 saturated carbocycles. The van der Waals surface area contributed by atoms with Crippen LogP contribution in [0.15, 0.2) is 12.1 Å². The highest BCUT2D eigenvalue weighted by atomic mass is 127. The van der Waals surface area contributed by atoms with Crippen molar-refractivity contribution in [1.82, 2.24) is 0 Å². The second-order valence-electron chi connectivity index (χ2n) is 3.95. The third kappa shape index (κ3) is 2.05. The molecule has 1 aliphatic carbocycles. The van der Waals surface area contributed by atoms with Gasteiger partial charge < -0.3 is 9.84 Å². The topological polar surface area (TPSA) is 29.5 Å². The van der Waals surface area contributed by atoms with E-state index in [0.717, 1.165) is 21.3 Å². The average molecular weight is 336 g/mol. The van der Waals surface area contributed by atoms with E-state index in [1.54, 1.807) is 0 Å². The Bertz CT molecular complexity index is 395. The van der Waals surface area contributed by atoms with Crippen LogP contribution >= 0.6 is 22.6 Å². The highest BCUT2D eigenvalue weighted by molar-refractivity contribution is 14.1. The number of benzene rings is 1. The normalized spacial score (nSPS) is 23.2. The van der Waals surface area contributed by atoms with Gasteiger partial charge in [-0.25, -0.2) is 4.39 Å². The van der Waals surface area contributed by atoms with Gasteiger partial charge in [0.15, 0.2) is 0 Å². The molecule has 1 N–H and O–H groups in total. The number of hydrogen-bond acceptors (Lipinski definition) is 2. The van der Waals surface area contributed by atoms with Gasteiger partial charge in [-0.3, -0.25) is 0 Å². The van der Waals surface area contributed by atoms with Crippen LogP contribution in [0.2, 0.25) is 0 Å². The fourth-order valence-electron chi connectivity index (χ4n) is 1.98. The van der Waals surface area contributed by atoms with Gasteiger partial charge in [0.1, 0.15) is 18.0 Å². The molecule has 0 aromatic heterocycles. The van der Waals surface area contributed by atoms with E-state index in [0.29, 0.717) is 12.2 Å². The van der Waals surface area contributed by atoms with Gasteiger partial charge in [-0.1, -0.05) is 6.92 Å². The largest absolute Gasteiger partial charge is 0.493 e. The van der Waals surface area contributed by atoms with E-state index < -0.39 is 12.3 Å². The summed E-state index contributed by atoms with van der Waals surface area (Å²) in [7, 11) is 0. The Hall–Kier alpha value is -0.360. The van der Waals surface area contributed by atoms with Crippen LogP contribution in [0, 0.1) is 3.57 Å². The van der Waals surface area contributed by atoms with E-state index in [-0.39, 0.29) is 6.42 Å². The number of alkyl halides is 1. The Kier molecular flexibility index (Phi) is 3.69. The SMILES string of the molecule is CCCOc1ccc(I)c2c1C[C@@H](F)C2O. The molecule has 0 radical (unpaired) electrons. The van der Waals surface area contributed by atoms with Crippen molar-refractivity contribution in [1.29, 1.82) is 0 Å². The first-order valence-corrected chi connectivity index (χ1v) is 6.49. The number of hydrogen-bond donors (Lipinski definition) is 1. The average Bonchev–Trinajstić information content (AvgIpc) is 2.56. The van der Waals surface area contributed by atoms with Gasteiger partial charge in [-0.05, 0) is 41.1 Å². The van der Waals surface area contributed by atoms with Crippen molar-refractivity contribution < 1.29 is 14.2 Å². The van der Waals surface area contributed by atoms with Gasteiger partial charge in [-0.2, -0.15) is 0 Å². The highest BCUT2D eigenvalue weighted by Crippen LogP contribution is 2.41. The van der Waals surface area contributed by atoms with Crippen LogP contribution in [-0.4, -0.2) is 17.9 Å². The molecular weight excluding hydrogens is 322 g/mol. The van der Waals surface area contributed by atoms with E-state index >= 15 is 0 Å². The van der Waals surface area contributed by atoms with Gasteiger partial charge in [0.05, 0.1) is 6.61 Å². The van der Waals surface area contributed by atoms with Crippen molar-refractivity contribution in [2.24, 2.45) is 0 Å². The lowest BCUT2D eigenvalue weighted by atomic mass is 10.1. The molecule has 4 heteroatoms. The summed E-state index contributed by atoms with van der Waals surface area (Å²) in [5.74, 6) is 0.719. The molecule has 1 aromatic carbocycles. The molecule has 0 spiro atoms. The summed E-state index contributed by atoms with van der Waals surface area (Å²) in [6.45, 7) is 2.65. The molecule has 0 fully saturated rings. The molecule has 0 heterocycles. The van der Waals surface area contributed by atoms with Crippen LogP contribution in [0.5, 0.6) is 5.75 Å². The summed E-state index contributed by atoms with van der Waals surface area (Å²) in [5.41, 5.74) is 1.54. The lowest BCUT2D eigenvalue weighted by Crippen LogP contribution is -2.07. The number of fused-ring (bicyclic) bond motifs is 1. The first kappa shape index (κ1) is 12.1. The zero-order chi connectivity index (χ0) is 11.7. The summed E-state index contributed by atoms with van der Waals surface area (Å²) >= 11 is 2.12. The maximum absolute atomic E-state index is 13.5. The van der Waals surface area contributed by atoms with Gasteiger partial charge >= 0.3 is 0 Å². The molecule has 2 nitrogen and oxygen atoms in total. The Balaban J connectivity index is 2.37. The maximum atomic E-state index is 13.5. The van der Waals surface area contributed by atoms with Crippen molar-refractivity contribution in [3.8, 4) is 5.75 Å². The fraction of sp³-hybridized carbons (Fsp3) is 0.500. The molecule has 1 unspecified atom stereocenters. The Labute approximate surface area is 108 Å². The van der Waals surface area contributed by atoms with Crippen LogP contribution in [0.3, 0.4) is 0 Å². The van der Waals surface area contributed by atoms with E-state index in [1.165, 1.54) is 0 Å². The highest BCUT2D eigenvalue weighted by Gasteiger charge is 2.34. The predicted molar refractivity (Wildman–Crippen MR) is 68.5 cm³/mol. The molecule has 2 atom stereocenters. The third-order valence-electron chi connectivity index (χ3n) is 2.76. The van der Waals surface area contributed by atoms with Crippen LogP contribution in [0.4, 0.5) is 4.39 Å². The fourth-order valence-corrected chi connectivity index (χ4v) is 2.81. The molecule has 0 bridgehead atoms. The van der Waals surface area contributed by atoms with E-state index in [4.69, 9.17) is 4.74 Å². The molecule has 0 amide bonds. The molecule has 88 valence electrons. The first-order valence-electron chi connectivity index (χ1n) is 5.41. The minimum atomic E-state index is -1.20. The minimum absolute atomic E-state index is 0.256. The first-order chi connectivity index (χ1) is 7.65. The van der Waals surface area contributed by atoms with Gasteiger partial charge in [0.25, 0.3) is 0 Å². The Morgan fingerprint density at radius 1 is 1.56 bits per heavy atom. The van der Waals surface area contributed by atoms with Crippen LogP contribution in [0.1, 0.15) is 30.6 Å². The lowest BCUT2D eigenvalue weighted by molar-refractivity contribution is 0.0920. The molecule has 1 aliphatic rings. The quantitative estimate of drug-likeness (QED) is 0.860. The maximum Gasteiger partial charge on any atom is 0.134 e. The summed E-state index contributed by atoms with van der Waals surface area (Å²) in [4.78, 5) is 0. The van der Waals surface area contributed by atoms with Crippen LogP contribution in [0.25, 0.3) is 0 Å². The summed E-state index contributed by atoms with van der Waals surface area (Å²) in [6.07, 6.45) is -1.02. The second-order valence-corrected chi connectivity index (χ2v) is 5.11. The van der Waals surface area contributed by atoms with Crippen molar-refractivity contribution in [2.45, 2.75) is 32.0 Å². The summed E-state index contributed by atoms with van der Waals surface area (Å²) < 4.78 is 20.0. The van der Waals surface area contributed by atoms with E-state index in [1.807, 2.05) is 19.1 Å². The number of halogens is 2. The molecular formula is C12H14FIO2. The molecule has 16 heavy (non-hydrogen) atoms. The lowest BCUT2D eigenvalue weighted by Gasteiger charge is -2.12. The predicted octanol–water partition coefficient (Wildman–Crippen LogP) is 3.01. The Morgan fingerprint density at radius 2 is 2.31 bits per heavy atom. The van der Waals surface area contributed by atoms with Gasteiger partial charge in [0, 0.05) is 21.1 Å². The third-order valence-corrected chi connectivity index (χ3v) is 3.70. The number of rotatable bonds is 3. The number of aliphatic hydroxyl groups excluding tert-OH is 1. The van der Waals surface area contributed by atoms with Crippen LogP contribution in [-0.2, 0) is 6.42 Å². The number of aliphatic hydroxyl groups is 1. The van der Waals surface area contributed by atoms with E-state index in [2.05, 4.69) is 22.6 Å². The zero-order valence-corrected chi connectivity index (χ0v) is 11.2. The minimum Gasteiger partial charge on any atom is -0.493 e. The smallest absolute Gasteiger partial charge is 0.134 e. The Morgan fingerprint density at radius 3 is 3.00 bits per heavy atom. The van der Waals surface area contributed by atoms with Gasteiger partial charge in [0.2, 0.25) is 0 Å². The summed E-state index contributed by atoms with van der Waals surface area (Å²) in [5, 5.41) is 9.75. The standard InChI is InChI=1S/C12H14FIO2/c1-2-5-16-10-4-3-9(14)11-7(10)6-8(13)12(11)15/h3-4,8,12,15H,2,5-6H2,1H3/t8-,12?/m1/s1. The second kappa shape index (κ2) is 4.87. The van der Waals surface area contributed by atoms with Crippen LogP contribution < -0.4 is 4.74 Å². The van der Waals surface area contributed by atoms with E-state index in [9.17, 15) is 9.50 Å².